The molecule has 9 nitrogen and oxygen atoms in total. The SMILES string of the molecule is COc1cc(/C=C/C(=O)c2ccccc2[N+](=O)[O-])ccc1OCc1ccc([N+](=O)[O-])cc1. The van der Waals surface area contributed by atoms with E-state index in [1.54, 1.807) is 36.4 Å². The van der Waals surface area contributed by atoms with Crippen LogP contribution >= 0.6 is 0 Å². The molecule has 0 unspecified atom stereocenters. The van der Waals surface area contributed by atoms with Crippen molar-refractivity contribution in [2.24, 2.45) is 0 Å². The summed E-state index contributed by atoms with van der Waals surface area (Å²) < 4.78 is 11.1. The number of nitro benzene ring substituents is 2. The first kappa shape index (κ1) is 22.2. The standard InChI is InChI=1S/C23H18N2O7/c1-31-23-14-16(8-12-21(26)19-4-2-3-5-20(19)25(29)30)9-13-22(23)32-15-17-6-10-18(11-7-17)24(27)28/h2-14H,15H2,1H3/b12-8+. The Hall–Kier alpha value is -4.53. The molecule has 32 heavy (non-hydrogen) atoms. The first-order valence-corrected chi connectivity index (χ1v) is 9.39. The van der Waals surface area contributed by atoms with Crippen molar-refractivity contribution in [2.75, 3.05) is 7.11 Å². The highest BCUT2D eigenvalue weighted by atomic mass is 16.6. The number of para-hydroxylation sites is 1. The number of non-ortho nitro benzene ring substituents is 1. The van der Waals surface area contributed by atoms with Gasteiger partial charge < -0.3 is 9.47 Å². The van der Waals surface area contributed by atoms with Crippen LogP contribution in [0.4, 0.5) is 11.4 Å². The van der Waals surface area contributed by atoms with E-state index in [0.717, 1.165) is 5.56 Å². The average Bonchev–Trinajstić information content (AvgIpc) is 2.81. The Balaban J connectivity index is 1.71. The van der Waals surface area contributed by atoms with Gasteiger partial charge in [0.15, 0.2) is 17.3 Å². The number of carbonyl (C=O) groups excluding carboxylic acids is 1. The highest BCUT2D eigenvalue weighted by molar-refractivity contribution is 6.09. The Morgan fingerprint density at radius 1 is 0.938 bits per heavy atom. The van der Waals surface area contributed by atoms with Gasteiger partial charge in [0.25, 0.3) is 11.4 Å². The number of allylic oxidation sites excluding steroid dienone is 1. The zero-order valence-electron chi connectivity index (χ0n) is 17.0. The molecule has 9 heteroatoms. The van der Waals surface area contributed by atoms with Crippen molar-refractivity contribution in [1.29, 1.82) is 0 Å². The van der Waals surface area contributed by atoms with Crippen molar-refractivity contribution >= 4 is 23.2 Å². The maximum Gasteiger partial charge on any atom is 0.280 e. The van der Waals surface area contributed by atoms with E-state index in [4.69, 9.17) is 9.47 Å². The monoisotopic (exact) mass is 434 g/mol. The molecule has 3 aromatic carbocycles. The van der Waals surface area contributed by atoms with Crippen molar-refractivity contribution in [3.05, 3.63) is 110 Å². The van der Waals surface area contributed by atoms with Crippen LogP contribution in [0.15, 0.2) is 72.8 Å². The molecule has 0 fully saturated rings. The number of nitro groups is 2. The second-order valence-corrected chi connectivity index (χ2v) is 6.59. The van der Waals surface area contributed by atoms with Crippen LogP contribution in [-0.2, 0) is 6.61 Å². The smallest absolute Gasteiger partial charge is 0.280 e. The number of nitrogens with zero attached hydrogens (tertiary/aromatic N) is 2. The molecule has 0 atom stereocenters. The number of ketones is 1. The third-order valence-electron chi connectivity index (χ3n) is 4.52. The Morgan fingerprint density at radius 2 is 1.66 bits per heavy atom. The summed E-state index contributed by atoms with van der Waals surface area (Å²) in [6, 6.07) is 16.8. The van der Waals surface area contributed by atoms with Gasteiger partial charge in [-0.3, -0.25) is 25.0 Å². The van der Waals surface area contributed by atoms with Crippen molar-refractivity contribution < 1.29 is 24.1 Å². The average molecular weight is 434 g/mol. The van der Waals surface area contributed by atoms with Crippen LogP contribution in [0, 0.1) is 20.2 Å². The number of ether oxygens (including phenoxy) is 2. The van der Waals surface area contributed by atoms with E-state index in [1.807, 2.05) is 0 Å². The lowest BCUT2D eigenvalue weighted by atomic mass is 10.1. The Labute approximate surface area is 182 Å². The number of hydrogen-bond acceptors (Lipinski definition) is 7. The van der Waals surface area contributed by atoms with E-state index in [-0.39, 0.29) is 23.5 Å². The van der Waals surface area contributed by atoms with E-state index < -0.39 is 15.6 Å². The number of benzene rings is 3. The second-order valence-electron chi connectivity index (χ2n) is 6.59. The van der Waals surface area contributed by atoms with Gasteiger partial charge in [0.05, 0.1) is 22.5 Å². The molecule has 0 heterocycles. The second kappa shape index (κ2) is 9.98. The highest BCUT2D eigenvalue weighted by Crippen LogP contribution is 2.30. The van der Waals surface area contributed by atoms with Gasteiger partial charge in [0.2, 0.25) is 0 Å². The molecule has 0 saturated heterocycles. The summed E-state index contributed by atoms with van der Waals surface area (Å²) in [5.74, 6) is 0.384. The van der Waals surface area contributed by atoms with Gasteiger partial charge in [-0.05, 0) is 47.5 Å². The van der Waals surface area contributed by atoms with Gasteiger partial charge in [-0.15, -0.1) is 0 Å². The van der Waals surface area contributed by atoms with Crippen molar-refractivity contribution in [3.63, 3.8) is 0 Å². The largest absolute Gasteiger partial charge is 0.493 e. The lowest BCUT2D eigenvalue weighted by Crippen LogP contribution is -2.00. The van der Waals surface area contributed by atoms with Crippen LogP contribution in [0.5, 0.6) is 11.5 Å². The molecule has 0 aliphatic heterocycles. The van der Waals surface area contributed by atoms with E-state index >= 15 is 0 Å². The maximum atomic E-state index is 12.4. The quantitative estimate of drug-likeness (QED) is 0.201. The first-order valence-electron chi connectivity index (χ1n) is 9.39. The minimum Gasteiger partial charge on any atom is -0.493 e. The van der Waals surface area contributed by atoms with E-state index in [9.17, 15) is 25.0 Å². The summed E-state index contributed by atoms with van der Waals surface area (Å²) in [5, 5.41) is 21.8. The van der Waals surface area contributed by atoms with Crippen LogP contribution in [0.25, 0.3) is 6.08 Å². The molecule has 162 valence electrons. The molecule has 0 N–H and O–H groups in total. The molecule has 0 saturated carbocycles. The maximum absolute atomic E-state index is 12.4. The lowest BCUT2D eigenvalue weighted by Gasteiger charge is -2.11. The molecule has 0 bridgehead atoms. The van der Waals surface area contributed by atoms with Crippen LogP contribution in [0.3, 0.4) is 0 Å². The summed E-state index contributed by atoms with van der Waals surface area (Å²) in [6.45, 7) is 0.180. The van der Waals surface area contributed by atoms with Gasteiger partial charge in [0.1, 0.15) is 6.61 Å². The third kappa shape index (κ3) is 5.33. The summed E-state index contributed by atoms with van der Waals surface area (Å²) in [5.41, 5.74) is 1.13. The molecule has 3 rings (SSSR count). The summed E-state index contributed by atoms with van der Waals surface area (Å²) in [4.78, 5) is 33.2. The number of hydrogen-bond donors (Lipinski definition) is 0. The van der Waals surface area contributed by atoms with Crippen molar-refractivity contribution in [2.45, 2.75) is 6.61 Å². The van der Waals surface area contributed by atoms with E-state index in [0.29, 0.717) is 17.1 Å². The summed E-state index contributed by atoms with van der Waals surface area (Å²) in [6.07, 6.45) is 2.79. The molecule has 0 spiro atoms. The van der Waals surface area contributed by atoms with E-state index in [2.05, 4.69) is 0 Å². The zero-order chi connectivity index (χ0) is 23.1. The molecule has 0 aliphatic rings. The topological polar surface area (TPSA) is 122 Å². The Morgan fingerprint density at radius 3 is 2.31 bits per heavy atom. The summed E-state index contributed by atoms with van der Waals surface area (Å²) in [7, 11) is 1.47. The minimum atomic E-state index is -0.596. The number of carbonyl (C=O) groups is 1. The lowest BCUT2D eigenvalue weighted by molar-refractivity contribution is -0.385. The van der Waals surface area contributed by atoms with Crippen LogP contribution in [-0.4, -0.2) is 22.7 Å². The molecule has 0 amide bonds. The number of methoxy groups -OCH3 is 1. The zero-order valence-corrected chi connectivity index (χ0v) is 17.0. The minimum absolute atomic E-state index is 0.00199. The first-order chi connectivity index (χ1) is 15.4. The van der Waals surface area contributed by atoms with Crippen LogP contribution in [0.1, 0.15) is 21.5 Å². The molecular weight excluding hydrogens is 416 g/mol. The Bertz CT molecular complexity index is 1190. The summed E-state index contributed by atoms with van der Waals surface area (Å²) >= 11 is 0. The van der Waals surface area contributed by atoms with Crippen molar-refractivity contribution in [3.8, 4) is 11.5 Å². The van der Waals surface area contributed by atoms with Crippen LogP contribution < -0.4 is 9.47 Å². The van der Waals surface area contributed by atoms with Gasteiger partial charge in [0, 0.05) is 18.2 Å². The molecular formula is C23H18N2O7. The highest BCUT2D eigenvalue weighted by Gasteiger charge is 2.17. The fourth-order valence-electron chi connectivity index (χ4n) is 2.88. The predicted molar refractivity (Wildman–Crippen MR) is 117 cm³/mol. The Kier molecular flexibility index (Phi) is 6.92. The van der Waals surface area contributed by atoms with Gasteiger partial charge in [-0.2, -0.15) is 0 Å². The molecule has 3 aromatic rings. The fourth-order valence-corrected chi connectivity index (χ4v) is 2.88. The number of rotatable bonds is 9. The van der Waals surface area contributed by atoms with E-state index in [1.165, 1.54) is 49.6 Å². The van der Waals surface area contributed by atoms with Gasteiger partial charge in [-0.1, -0.05) is 24.3 Å². The van der Waals surface area contributed by atoms with Gasteiger partial charge in [-0.25, -0.2) is 0 Å². The molecule has 0 aromatic heterocycles. The molecule has 0 radical (unpaired) electrons. The molecule has 0 aliphatic carbocycles. The predicted octanol–water partition coefficient (Wildman–Crippen LogP) is 4.99. The fraction of sp³-hybridized carbons (Fsp3) is 0.0870. The van der Waals surface area contributed by atoms with Crippen LogP contribution in [0.2, 0.25) is 0 Å². The normalized spacial score (nSPS) is 10.7. The van der Waals surface area contributed by atoms with Crippen molar-refractivity contribution in [1.82, 2.24) is 0 Å². The van der Waals surface area contributed by atoms with Gasteiger partial charge >= 0.3 is 0 Å². The third-order valence-corrected chi connectivity index (χ3v) is 4.52.